The third-order valence-electron chi connectivity index (χ3n) is 5.21. The normalized spacial score (nSPS) is 28.0. The topological polar surface area (TPSA) is 146 Å². The van der Waals surface area contributed by atoms with Crippen molar-refractivity contribution in [2.24, 2.45) is 0 Å². The molecule has 1 aliphatic rings. The second-order valence-corrected chi connectivity index (χ2v) is 9.08. The SMILES string of the molecule is COC(C)(C)C1OC(CO)C(OC(C)(C)C)C(O)C1N(CCC(=O)O)CCC(=O)O. The molecule has 0 aromatic heterocycles. The maximum atomic E-state index is 11.3. The van der Waals surface area contributed by atoms with Gasteiger partial charge in [-0.25, -0.2) is 0 Å². The molecule has 10 heteroatoms. The first kappa shape index (κ1) is 26.7. The zero-order chi connectivity index (χ0) is 23.3. The summed E-state index contributed by atoms with van der Waals surface area (Å²) in [7, 11) is 1.48. The summed E-state index contributed by atoms with van der Waals surface area (Å²) >= 11 is 0. The summed E-state index contributed by atoms with van der Waals surface area (Å²) in [6, 6.07) is -0.811. The molecule has 1 fully saturated rings. The molecule has 0 radical (unpaired) electrons. The van der Waals surface area contributed by atoms with E-state index in [9.17, 15) is 19.8 Å². The highest BCUT2D eigenvalue weighted by Crippen LogP contribution is 2.35. The monoisotopic (exact) mass is 435 g/mol. The summed E-state index contributed by atoms with van der Waals surface area (Å²) in [6.07, 6.45) is -4.18. The predicted octanol–water partition coefficient (Wildman–Crippen LogP) is 0.336. The molecular formula is C20H37NO9. The third kappa shape index (κ3) is 7.44. The number of carboxylic acid groups (broad SMARTS) is 2. The molecule has 176 valence electrons. The molecule has 5 unspecified atom stereocenters. The van der Waals surface area contributed by atoms with E-state index < -0.39 is 60.2 Å². The van der Waals surface area contributed by atoms with E-state index in [2.05, 4.69) is 0 Å². The van der Waals surface area contributed by atoms with E-state index in [0.717, 1.165) is 0 Å². The van der Waals surface area contributed by atoms with Gasteiger partial charge in [-0.1, -0.05) is 0 Å². The van der Waals surface area contributed by atoms with Gasteiger partial charge in [0.2, 0.25) is 0 Å². The van der Waals surface area contributed by atoms with E-state index in [-0.39, 0.29) is 25.9 Å². The molecule has 1 aliphatic heterocycles. The largest absolute Gasteiger partial charge is 0.481 e. The minimum absolute atomic E-state index is 0.00994. The Kier molecular flexibility index (Phi) is 9.65. The van der Waals surface area contributed by atoms with Crippen molar-refractivity contribution >= 4 is 11.9 Å². The van der Waals surface area contributed by atoms with Crippen LogP contribution in [-0.4, -0.2) is 106 Å². The van der Waals surface area contributed by atoms with Crippen molar-refractivity contribution in [2.75, 3.05) is 26.8 Å². The van der Waals surface area contributed by atoms with Crippen LogP contribution in [0.2, 0.25) is 0 Å². The molecule has 0 amide bonds. The molecule has 1 saturated heterocycles. The summed E-state index contributed by atoms with van der Waals surface area (Å²) in [5, 5.41) is 39.5. The molecule has 0 aliphatic carbocycles. The summed E-state index contributed by atoms with van der Waals surface area (Å²) in [6.45, 7) is 8.55. The van der Waals surface area contributed by atoms with Gasteiger partial charge >= 0.3 is 11.9 Å². The number of aliphatic hydroxyl groups is 2. The quantitative estimate of drug-likeness (QED) is 0.358. The van der Waals surface area contributed by atoms with Crippen LogP contribution in [0, 0.1) is 0 Å². The molecule has 0 bridgehead atoms. The van der Waals surface area contributed by atoms with Crippen LogP contribution in [0.3, 0.4) is 0 Å². The summed E-state index contributed by atoms with van der Waals surface area (Å²) < 4.78 is 17.7. The van der Waals surface area contributed by atoms with Crippen molar-refractivity contribution < 1.29 is 44.2 Å². The smallest absolute Gasteiger partial charge is 0.304 e. The summed E-state index contributed by atoms with van der Waals surface area (Å²) in [5.41, 5.74) is -1.57. The van der Waals surface area contributed by atoms with Gasteiger partial charge < -0.3 is 34.6 Å². The van der Waals surface area contributed by atoms with E-state index in [1.807, 2.05) is 0 Å². The van der Waals surface area contributed by atoms with Gasteiger partial charge in [0, 0.05) is 20.2 Å². The van der Waals surface area contributed by atoms with Gasteiger partial charge in [-0.3, -0.25) is 14.5 Å². The van der Waals surface area contributed by atoms with Crippen LogP contribution >= 0.6 is 0 Å². The number of carboxylic acids is 2. The van der Waals surface area contributed by atoms with Gasteiger partial charge in [-0.05, 0) is 34.6 Å². The molecule has 0 spiro atoms. The molecule has 30 heavy (non-hydrogen) atoms. The Balaban J connectivity index is 3.37. The zero-order valence-electron chi connectivity index (χ0n) is 18.7. The molecule has 0 saturated carbocycles. The summed E-state index contributed by atoms with van der Waals surface area (Å²) in [4.78, 5) is 23.9. The molecule has 10 nitrogen and oxygen atoms in total. The van der Waals surface area contributed by atoms with Crippen LogP contribution in [0.4, 0.5) is 0 Å². The minimum atomic E-state index is -1.18. The fourth-order valence-electron chi connectivity index (χ4n) is 3.63. The van der Waals surface area contributed by atoms with Crippen molar-refractivity contribution in [1.29, 1.82) is 0 Å². The highest BCUT2D eigenvalue weighted by molar-refractivity contribution is 5.67. The molecule has 4 N–H and O–H groups in total. The first-order valence-electron chi connectivity index (χ1n) is 10.1. The first-order valence-corrected chi connectivity index (χ1v) is 10.1. The number of nitrogens with zero attached hydrogens (tertiary/aromatic N) is 1. The van der Waals surface area contributed by atoms with Gasteiger partial charge in [0.05, 0.1) is 36.7 Å². The van der Waals surface area contributed by atoms with Gasteiger partial charge in [0.1, 0.15) is 24.4 Å². The number of methoxy groups -OCH3 is 1. The van der Waals surface area contributed by atoms with Crippen LogP contribution in [0.1, 0.15) is 47.5 Å². The maximum absolute atomic E-state index is 11.3. The highest BCUT2D eigenvalue weighted by Gasteiger charge is 2.53. The number of rotatable bonds is 11. The van der Waals surface area contributed by atoms with Crippen LogP contribution in [-0.2, 0) is 23.8 Å². The average Bonchev–Trinajstić information content (AvgIpc) is 2.62. The first-order chi connectivity index (χ1) is 13.7. The number of hydrogen-bond donors (Lipinski definition) is 4. The molecule has 5 atom stereocenters. The van der Waals surface area contributed by atoms with Crippen molar-refractivity contribution in [3.05, 3.63) is 0 Å². The van der Waals surface area contributed by atoms with Gasteiger partial charge in [-0.2, -0.15) is 0 Å². The number of aliphatic hydroxyl groups excluding tert-OH is 2. The van der Waals surface area contributed by atoms with Gasteiger partial charge in [-0.15, -0.1) is 0 Å². The van der Waals surface area contributed by atoms with Crippen LogP contribution < -0.4 is 0 Å². The Bertz CT molecular complexity index is 557. The number of ether oxygens (including phenoxy) is 3. The van der Waals surface area contributed by atoms with E-state index in [1.54, 1.807) is 39.5 Å². The van der Waals surface area contributed by atoms with Crippen LogP contribution in [0.25, 0.3) is 0 Å². The molecule has 0 aromatic rings. The number of hydrogen-bond acceptors (Lipinski definition) is 8. The average molecular weight is 436 g/mol. The highest BCUT2D eigenvalue weighted by atomic mass is 16.6. The third-order valence-corrected chi connectivity index (χ3v) is 5.21. The Labute approximate surface area is 177 Å². The van der Waals surface area contributed by atoms with E-state index >= 15 is 0 Å². The fraction of sp³-hybridized carbons (Fsp3) is 0.900. The number of carbonyl (C=O) groups is 2. The minimum Gasteiger partial charge on any atom is -0.481 e. The number of aliphatic carboxylic acids is 2. The Hall–Kier alpha value is -1.30. The predicted molar refractivity (Wildman–Crippen MR) is 107 cm³/mol. The lowest BCUT2D eigenvalue weighted by molar-refractivity contribution is -0.278. The standard InChI is InChI=1S/C20H37NO9/c1-19(2,3)30-17-12(11-22)29-18(20(4,5)28-6)15(16(17)27)21(9-7-13(23)24)10-8-14(25)26/h12,15-18,22,27H,7-11H2,1-6H3,(H,23,24)(H,25,26). The molecular weight excluding hydrogens is 398 g/mol. The lowest BCUT2D eigenvalue weighted by Crippen LogP contribution is -2.70. The van der Waals surface area contributed by atoms with E-state index in [0.29, 0.717) is 0 Å². The summed E-state index contributed by atoms with van der Waals surface area (Å²) in [5.74, 6) is -2.08. The maximum Gasteiger partial charge on any atom is 0.304 e. The lowest BCUT2D eigenvalue weighted by Gasteiger charge is -2.53. The molecule has 1 rings (SSSR count). The van der Waals surface area contributed by atoms with E-state index in [1.165, 1.54) is 7.11 Å². The Morgan fingerprint density at radius 1 is 1.03 bits per heavy atom. The molecule has 0 aromatic carbocycles. The van der Waals surface area contributed by atoms with Gasteiger partial charge in [0.25, 0.3) is 0 Å². The van der Waals surface area contributed by atoms with Gasteiger partial charge in [0.15, 0.2) is 0 Å². The second-order valence-electron chi connectivity index (χ2n) is 9.08. The van der Waals surface area contributed by atoms with Crippen molar-refractivity contribution in [3.8, 4) is 0 Å². The second kappa shape index (κ2) is 10.8. The zero-order valence-corrected chi connectivity index (χ0v) is 18.7. The Morgan fingerprint density at radius 2 is 1.53 bits per heavy atom. The fourth-order valence-corrected chi connectivity index (χ4v) is 3.63. The van der Waals surface area contributed by atoms with Crippen LogP contribution in [0.15, 0.2) is 0 Å². The van der Waals surface area contributed by atoms with E-state index in [4.69, 9.17) is 24.4 Å². The van der Waals surface area contributed by atoms with Crippen LogP contribution in [0.5, 0.6) is 0 Å². The van der Waals surface area contributed by atoms with Crippen molar-refractivity contribution in [1.82, 2.24) is 4.90 Å². The lowest BCUT2D eigenvalue weighted by atomic mass is 9.83. The molecule has 1 heterocycles. The van der Waals surface area contributed by atoms with Crippen molar-refractivity contribution in [3.63, 3.8) is 0 Å². The van der Waals surface area contributed by atoms with Crippen molar-refractivity contribution in [2.45, 2.75) is 89.1 Å². The Morgan fingerprint density at radius 3 is 1.90 bits per heavy atom.